The third-order valence-electron chi connectivity index (χ3n) is 6.77. The van der Waals surface area contributed by atoms with Gasteiger partial charge < -0.3 is 4.90 Å². The first kappa shape index (κ1) is 20.4. The van der Waals surface area contributed by atoms with E-state index in [4.69, 9.17) is 0 Å². The van der Waals surface area contributed by atoms with Gasteiger partial charge in [-0.05, 0) is 79.5 Å². The third kappa shape index (κ3) is 5.13. The monoisotopic (exact) mass is 365 g/mol. The second-order valence-electron chi connectivity index (χ2n) is 9.11. The molecule has 148 valence electrons. The largest absolute Gasteiger partial charge is 0.302 e. The fourth-order valence-electron chi connectivity index (χ4n) is 5.49. The van der Waals surface area contributed by atoms with Crippen molar-refractivity contribution in [3.8, 4) is 0 Å². The van der Waals surface area contributed by atoms with Crippen molar-refractivity contribution >= 4 is 6.08 Å². The highest BCUT2D eigenvalue weighted by Crippen LogP contribution is 2.36. The molecule has 2 atom stereocenters. The molecule has 1 aliphatic carbocycles. The Labute approximate surface area is 167 Å². The maximum absolute atomic E-state index is 3.94. The first-order chi connectivity index (χ1) is 13.1. The zero-order chi connectivity index (χ0) is 19.2. The lowest BCUT2D eigenvalue weighted by Gasteiger charge is -2.40. The predicted octanol–water partition coefficient (Wildman–Crippen LogP) is 6.76. The Bertz CT molecular complexity index is 650. The van der Waals surface area contributed by atoms with Crippen LogP contribution in [0.25, 0.3) is 6.08 Å². The maximum atomic E-state index is 3.94. The number of nitrogens with zero attached hydrogens (tertiary/aromatic N) is 1. The molecule has 1 aromatic rings. The van der Waals surface area contributed by atoms with Crippen molar-refractivity contribution in [2.75, 3.05) is 19.6 Å². The van der Waals surface area contributed by atoms with Crippen LogP contribution < -0.4 is 0 Å². The number of piperidine rings is 1. The minimum absolute atomic E-state index is 0.667. The molecular weight excluding hydrogens is 326 g/mol. The average Bonchev–Trinajstić information content (AvgIpc) is 2.65. The van der Waals surface area contributed by atoms with Gasteiger partial charge in [0.2, 0.25) is 0 Å². The van der Waals surface area contributed by atoms with Gasteiger partial charge in [-0.3, -0.25) is 0 Å². The number of likely N-dealkylation sites (tertiary alicyclic amines) is 1. The van der Waals surface area contributed by atoms with Crippen LogP contribution in [0.2, 0.25) is 0 Å². The zero-order valence-electron chi connectivity index (χ0n) is 17.8. The minimum atomic E-state index is 0.667. The lowest BCUT2D eigenvalue weighted by atomic mass is 9.80. The summed E-state index contributed by atoms with van der Waals surface area (Å²) in [5, 5.41) is 0. The average molecular weight is 366 g/mol. The van der Waals surface area contributed by atoms with Gasteiger partial charge in [-0.2, -0.15) is 0 Å². The Kier molecular flexibility index (Phi) is 7.35. The molecule has 3 rings (SSSR count). The standard InChI is InChI=1S/C26H39N/c1-5-10-23-14-15-26(25(11-6-2)21(23)4)24-16-20(3)17-27(19-24)18-22-12-8-7-9-13-22/h5-6,11,14-15,20,22,24H,1,7-10,12-13,16-19H2,2-4H3/b11-6-. The fourth-order valence-corrected chi connectivity index (χ4v) is 5.49. The summed E-state index contributed by atoms with van der Waals surface area (Å²) < 4.78 is 0. The number of hydrogen-bond donors (Lipinski definition) is 0. The lowest BCUT2D eigenvalue weighted by Crippen LogP contribution is -2.41. The first-order valence-corrected chi connectivity index (χ1v) is 11.2. The van der Waals surface area contributed by atoms with Crippen LogP contribution in [-0.4, -0.2) is 24.5 Å². The number of allylic oxidation sites excluding steroid dienone is 2. The molecule has 0 bridgehead atoms. The maximum Gasteiger partial charge on any atom is 0.00508 e. The summed E-state index contributed by atoms with van der Waals surface area (Å²) in [6, 6.07) is 4.77. The second-order valence-corrected chi connectivity index (χ2v) is 9.11. The molecule has 0 radical (unpaired) electrons. The van der Waals surface area contributed by atoms with Gasteiger partial charge in [-0.1, -0.05) is 56.5 Å². The van der Waals surface area contributed by atoms with Crippen LogP contribution in [-0.2, 0) is 6.42 Å². The molecule has 0 spiro atoms. The highest BCUT2D eigenvalue weighted by molar-refractivity contribution is 5.61. The van der Waals surface area contributed by atoms with Crippen molar-refractivity contribution in [2.45, 2.75) is 71.6 Å². The number of hydrogen-bond acceptors (Lipinski definition) is 1. The van der Waals surface area contributed by atoms with Gasteiger partial charge in [0, 0.05) is 19.6 Å². The molecule has 1 heterocycles. The zero-order valence-corrected chi connectivity index (χ0v) is 17.8. The van der Waals surface area contributed by atoms with Crippen molar-refractivity contribution in [3.05, 3.63) is 53.1 Å². The van der Waals surface area contributed by atoms with Crippen molar-refractivity contribution in [1.29, 1.82) is 0 Å². The molecule has 1 saturated carbocycles. The van der Waals surface area contributed by atoms with E-state index < -0.39 is 0 Å². The third-order valence-corrected chi connectivity index (χ3v) is 6.77. The Morgan fingerprint density at radius 3 is 2.63 bits per heavy atom. The minimum Gasteiger partial charge on any atom is -0.302 e. The topological polar surface area (TPSA) is 3.24 Å². The van der Waals surface area contributed by atoms with Gasteiger partial charge in [-0.15, -0.1) is 6.58 Å². The van der Waals surface area contributed by atoms with E-state index in [0.717, 1.165) is 18.3 Å². The van der Waals surface area contributed by atoms with Crippen LogP contribution >= 0.6 is 0 Å². The second kappa shape index (κ2) is 9.73. The van der Waals surface area contributed by atoms with Gasteiger partial charge in [0.05, 0.1) is 0 Å². The molecule has 1 aliphatic heterocycles. The molecule has 2 aliphatic rings. The summed E-state index contributed by atoms with van der Waals surface area (Å²) in [6.07, 6.45) is 16.1. The summed E-state index contributed by atoms with van der Waals surface area (Å²) in [7, 11) is 0. The molecule has 1 heteroatoms. The van der Waals surface area contributed by atoms with Gasteiger partial charge >= 0.3 is 0 Å². The molecular formula is C26H39N. The van der Waals surface area contributed by atoms with Crippen molar-refractivity contribution < 1.29 is 0 Å². The van der Waals surface area contributed by atoms with Crippen LogP contribution in [0.5, 0.6) is 0 Å². The van der Waals surface area contributed by atoms with Gasteiger partial charge in [-0.25, -0.2) is 0 Å². The van der Waals surface area contributed by atoms with Gasteiger partial charge in [0.15, 0.2) is 0 Å². The Balaban J connectivity index is 1.81. The van der Waals surface area contributed by atoms with E-state index in [2.05, 4.69) is 56.5 Å². The Morgan fingerprint density at radius 2 is 1.93 bits per heavy atom. The summed E-state index contributed by atoms with van der Waals surface area (Å²) in [5.74, 6) is 2.40. The first-order valence-electron chi connectivity index (χ1n) is 11.2. The van der Waals surface area contributed by atoms with E-state index in [9.17, 15) is 0 Å². The summed E-state index contributed by atoms with van der Waals surface area (Å²) in [5.41, 5.74) is 5.90. The van der Waals surface area contributed by atoms with Crippen molar-refractivity contribution in [3.63, 3.8) is 0 Å². The van der Waals surface area contributed by atoms with Crippen LogP contribution in [0.15, 0.2) is 30.9 Å². The van der Waals surface area contributed by atoms with E-state index in [1.165, 1.54) is 74.8 Å². The molecule has 1 aromatic carbocycles. The van der Waals surface area contributed by atoms with Crippen LogP contribution in [0.4, 0.5) is 0 Å². The molecule has 2 fully saturated rings. The summed E-state index contributed by atoms with van der Waals surface area (Å²) >= 11 is 0. The molecule has 2 unspecified atom stereocenters. The molecule has 1 saturated heterocycles. The number of rotatable bonds is 6. The van der Waals surface area contributed by atoms with Crippen LogP contribution in [0.3, 0.4) is 0 Å². The van der Waals surface area contributed by atoms with E-state index >= 15 is 0 Å². The highest BCUT2D eigenvalue weighted by Gasteiger charge is 2.29. The van der Waals surface area contributed by atoms with Crippen molar-refractivity contribution in [1.82, 2.24) is 4.90 Å². The number of benzene rings is 1. The lowest BCUT2D eigenvalue weighted by molar-refractivity contribution is 0.129. The van der Waals surface area contributed by atoms with E-state index in [-0.39, 0.29) is 0 Å². The molecule has 0 amide bonds. The highest BCUT2D eigenvalue weighted by atomic mass is 15.1. The van der Waals surface area contributed by atoms with Crippen molar-refractivity contribution in [2.24, 2.45) is 11.8 Å². The molecule has 27 heavy (non-hydrogen) atoms. The van der Waals surface area contributed by atoms with Crippen LogP contribution in [0, 0.1) is 18.8 Å². The quantitative estimate of drug-likeness (QED) is 0.503. The normalized spacial score (nSPS) is 25.1. The predicted molar refractivity (Wildman–Crippen MR) is 119 cm³/mol. The smallest absolute Gasteiger partial charge is 0.00508 e. The molecule has 1 nitrogen and oxygen atoms in total. The van der Waals surface area contributed by atoms with Gasteiger partial charge in [0.25, 0.3) is 0 Å². The Morgan fingerprint density at radius 1 is 1.15 bits per heavy atom. The summed E-state index contributed by atoms with van der Waals surface area (Å²) in [4.78, 5) is 2.79. The van der Waals surface area contributed by atoms with E-state index in [0.29, 0.717) is 5.92 Å². The molecule has 0 aromatic heterocycles. The van der Waals surface area contributed by atoms with Gasteiger partial charge in [0.1, 0.15) is 0 Å². The molecule has 0 N–H and O–H groups in total. The SMILES string of the molecule is C=CCc1ccc(C2CC(C)CN(CC3CCCCC3)C2)c(/C=C\C)c1C. The van der Waals surface area contributed by atoms with E-state index in [1.54, 1.807) is 5.56 Å². The summed E-state index contributed by atoms with van der Waals surface area (Å²) in [6.45, 7) is 14.7. The van der Waals surface area contributed by atoms with Crippen LogP contribution in [0.1, 0.15) is 80.5 Å². The Hall–Kier alpha value is -1.34. The fraction of sp³-hybridized carbons (Fsp3) is 0.615. The van der Waals surface area contributed by atoms with E-state index in [1.807, 2.05) is 6.08 Å².